The van der Waals surface area contributed by atoms with Crippen molar-refractivity contribution < 1.29 is 14.5 Å². The minimum atomic E-state index is -0.748. The van der Waals surface area contributed by atoms with Crippen molar-refractivity contribution in [3.05, 3.63) is 75.5 Å². The van der Waals surface area contributed by atoms with Gasteiger partial charge in [0.2, 0.25) is 11.6 Å². The summed E-state index contributed by atoms with van der Waals surface area (Å²) < 4.78 is 1.60. The number of non-ortho nitro benzene ring substituents is 1. The van der Waals surface area contributed by atoms with Crippen molar-refractivity contribution >= 4 is 17.3 Å². The van der Waals surface area contributed by atoms with Gasteiger partial charge in [-0.25, -0.2) is 4.68 Å². The molecule has 0 aliphatic heterocycles. The molecule has 0 amide bonds. The van der Waals surface area contributed by atoms with E-state index in [0.29, 0.717) is 17.0 Å². The van der Waals surface area contributed by atoms with Crippen molar-refractivity contribution in [1.29, 1.82) is 0 Å². The van der Waals surface area contributed by atoms with Gasteiger partial charge in [0.05, 0.1) is 27.6 Å². The molecule has 0 radical (unpaired) electrons. The van der Waals surface area contributed by atoms with Crippen LogP contribution in [0.4, 0.5) is 5.69 Å². The van der Waals surface area contributed by atoms with Gasteiger partial charge in [-0.05, 0) is 25.1 Å². The molecule has 1 aromatic heterocycles. The number of benzene rings is 2. The molecule has 3 aromatic rings. The van der Waals surface area contributed by atoms with Gasteiger partial charge in [-0.1, -0.05) is 18.2 Å². The summed E-state index contributed by atoms with van der Waals surface area (Å²) in [5.41, 5.74) is 2.18. The molecule has 0 bridgehead atoms. The first-order valence-corrected chi connectivity index (χ1v) is 7.52. The van der Waals surface area contributed by atoms with Crippen LogP contribution in [-0.4, -0.2) is 26.3 Å². The minimum Gasteiger partial charge on any atom is -0.285 e. The molecule has 4 rings (SSSR count). The van der Waals surface area contributed by atoms with Crippen LogP contribution in [0, 0.1) is 17.0 Å². The third-order valence-corrected chi connectivity index (χ3v) is 4.21. The highest BCUT2D eigenvalue weighted by Crippen LogP contribution is 2.38. The Balaban J connectivity index is 2.06. The summed E-state index contributed by atoms with van der Waals surface area (Å²) in [6.45, 7) is 1.67. The van der Waals surface area contributed by atoms with Crippen molar-refractivity contribution in [2.24, 2.45) is 0 Å². The molecule has 0 saturated carbocycles. The van der Waals surface area contributed by atoms with Crippen molar-refractivity contribution in [3.63, 3.8) is 0 Å². The smallest absolute Gasteiger partial charge is 0.270 e. The van der Waals surface area contributed by atoms with Crippen LogP contribution < -0.4 is 0 Å². The summed E-state index contributed by atoms with van der Waals surface area (Å²) >= 11 is 0. The Labute approximate surface area is 141 Å². The third kappa shape index (κ3) is 2.09. The van der Waals surface area contributed by atoms with Crippen molar-refractivity contribution in [2.45, 2.75) is 6.92 Å². The third-order valence-electron chi connectivity index (χ3n) is 4.21. The summed E-state index contributed by atoms with van der Waals surface area (Å²) in [4.78, 5) is 35.4. The van der Waals surface area contributed by atoms with Gasteiger partial charge in [0.1, 0.15) is 0 Å². The molecule has 0 N–H and O–H groups in total. The fourth-order valence-electron chi connectivity index (χ4n) is 3.08. The molecule has 25 heavy (non-hydrogen) atoms. The average Bonchev–Trinajstić information content (AvgIpc) is 2.97. The highest BCUT2D eigenvalue weighted by Gasteiger charge is 2.36. The Hall–Kier alpha value is -3.61. The van der Waals surface area contributed by atoms with Crippen LogP contribution in [0.1, 0.15) is 26.4 Å². The number of aromatic nitrogens is 2. The molecule has 7 heteroatoms. The van der Waals surface area contributed by atoms with Crippen LogP contribution in [0.5, 0.6) is 0 Å². The zero-order chi connectivity index (χ0) is 17.7. The molecular formula is C18H11N3O4. The second-order valence-corrected chi connectivity index (χ2v) is 5.70. The maximum atomic E-state index is 12.6. The van der Waals surface area contributed by atoms with E-state index in [4.69, 9.17) is 0 Å². The Morgan fingerprint density at radius 3 is 2.40 bits per heavy atom. The number of Topliss-reactive ketones (excluding diaryl/α,β-unsaturated/α-hetero) is 2. The Bertz CT molecular complexity index is 1070. The first kappa shape index (κ1) is 14.9. The number of aryl methyl sites for hydroxylation is 1. The molecule has 0 atom stereocenters. The Kier molecular flexibility index (Phi) is 3.11. The number of ketones is 2. The van der Waals surface area contributed by atoms with Crippen LogP contribution in [0.25, 0.3) is 16.9 Å². The van der Waals surface area contributed by atoms with Crippen LogP contribution >= 0.6 is 0 Å². The molecule has 0 fully saturated rings. The lowest BCUT2D eigenvalue weighted by Crippen LogP contribution is -2.22. The number of carbonyl (C=O) groups is 2. The number of para-hydroxylation sites is 1. The average molecular weight is 333 g/mol. The van der Waals surface area contributed by atoms with Gasteiger partial charge in [-0.15, -0.1) is 0 Å². The lowest BCUT2D eigenvalue weighted by atomic mass is 9.86. The van der Waals surface area contributed by atoms with Crippen LogP contribution in [0.2, 0.25) is 0 Å². The highest BCUT2D eigenvalue weighted by molar-refractivity contribution is 6.53. The minimum absolute atomic E-state index is 0.0313. The highest BCUT2D eigenvalue weighted by atomic mass is 16.6. The fraction of sp³-hybridized carbons (Fsp3) is 0.0556. The maximum Gasteiger partial charge on any atom is 0.270 e. The maximum absolute atomic E-state index is 12.6. The van der Waals surface area contributed by atoms with E-state index >= 15 is 0 Å². The lowest BCUT2D eigenvalue weighted by Gasteiger charge is -2.16. The molecule has 0 saturated heterocycles. The predicted molar refractivity (Wildman–Crippen MR) is 89.1 cm³/mol. The predicted octanol–water partition coefficient (Wildman–Crippen LogP) is 3.13. The quantitative estimate of drug-likeness (QED) is 0.408. The molecule has 7 nitrogen and oxygen atoms in total. The second-order valence-electron chi connectivity index (χ2n) is 5.70. The van der Waals surface area contributed by atoms with E-state index in [1.807, 2.05) is 30.3 Å². The molecule has 2 aromatic carbocycles. The van der Waals surface area contributed by atoms with E-state index < -0.39 is 16.5 Å². The first-order valence-electron chi connectivity index (χ1n) is 7.52. The number of nitrogens with zero attached hydrogens (tertiary/aromatic N) is 3. The molecule has 1 aliphatic carbocycles. The fourth-order valence-corrected chi connectivity index (χ4v) is 3.08. The molecule has 1 heterocycles. The van der Waals surface area contributed by atoms with Gasteiger partial charge < -0.3 is 0 Å². The summed E-state index contributed by atoms with van der Waals surface area (Å²) in [5.74, 6) is -1.44. The monoisotopic (exact) mass is 333 g/mol. The first-order chi connectivity index (χ1) is 12.0. The van der Waals surface area contributed by atoms with Gasteiger partial charge in [-0.3, -0.25) is 19.7 Å². The zero-order valence-electron chi connectivity index (χ0n) is 13.1. The summed E-state index contributed by atoms with van der Waals surface area (Å²) in [5, 5.41) is 15.4. The number of fused-ring (bicyclic) bond motifs is 3. The van der Waals surface area contributed by atoms with E-state index in [2.05, 4.69) is 5.10 Å². The van der Waals surface area contributed by atoms with Crippen molar-refractivity contribution in [3.8, 4) is 16.9 Å². The molecular weight excluding hydrogens is 322 g/mol. The summed E-state index contributed by atoms with van der Waals surface area (Å²) in [6.07, 6.45) is 0. The van der Waals surface area contributed by atoms with Gasteiger partial charge in [0.15, 0.2) is 0 Å². The van der Waals surface area contributed by atoms with E-state index in [0.717, 1.165) is 11.8 Å². The van der Waals surface area contributed by atoms with E-state index in [-0.39, 0.29) is 16.8 Å². The molecule has 1 aliphatic rings. The van der Waals surface area contributed by atoms with Crippen LogP contribution in [-0.2, 0) is 0 Å². The Morgan fingerprint density at radius 1 is 1.00 bits per heavy atom. The standard InChI is InChI=1S/C18H11N3O4/c1-10-15-16(20(19-10)11-5-3-2-4-6-11)13-8-7-12(21(24)25)9-14(13)17(22)18(15)23/h2-9H,1H3. The van der Waals surface area contributed by atoms with E-state index in [1.54, 1.807) is 11.6 Å². The largest absolute Gasteiger partial charge is 0.285 e. The van der Waals surface area contributed by atoms with Crippen molar-refractivity contribution in [2.75, 3.05) is 0 Å². The molecule has 0 unspecified atom stereocenters. The van der Waals surface area contributed by atoms with E-state index in [1.165, 1.54) is 12.1 Å². The number of nitro groups is 1. The van der Waals surface area contributed by atoms with Gasteiger partial charge in [0.25, 0.3) is 5.69 Å². The number of carbonyl (C=O) groups excluding carboxylic acids is 2. The van der Waals surface area contributed by atoms with Crippen molar-refractivity contribution in [1.82, 2.24) is 9.78 Å². The lowest BCUT2D eigenvalue weighted by molar-refractivity contribution is -0.384. The topological polar surface area (TPSA) is 95.1 Å². The van der Waals surface area contributed by atoms with Crippen LogP contribution in [0.3, 0.4) is 0 Å². The SMILES string of the molecule is Cc1nn(-c2ccccc2)c2c1C(=O)C(=O)c1cc([N+](=O)[O-])ccc1-2. The van der Waals surface area contributed by atoms with Gasteiger partial charge in [-0.2, -0.15) is 5.10 Å². The summed E-state index contributed by atoms with van der Waals surface area (Å²) in [6, 6.07) is 13.2. The number of nitro benzene ring substituents is 1. The van der Waals surface area contributed by atoms with Crippen LogP contribution in [0.15, 0.2) is 48.5 Å². The zero-order valence-corrected chi connectivity index (χ0v) is 13.1. The van der Waals surface area contributed by atoms with E-state index in [9.17, 15) is 19.7 Å². The summed E-state index contributed by atoms with van der Waals surface area (Å²) in [7, 11) is 0. The van der Waals surface area contributed by atoms with Gasteiger partial charge in [0, 0.05) is 23.3 Å². The molecule has 122 valence electrons. The van der Waals surface area contributed by atoms with Gasteiger partial charge >= 0.3 is 0 Å². The second kappa shape index (κ2) is 5.20. The number of hydrogen-bond donors (Lipinski definition) is 0. The Morgan fingerprint density at radius 2 is 1.72 bits per heavy atom. The number of hydrogen-bond acceptors (Lipinski definition) is 5. The molecule has 0 spiro atoms. The normalized spacial score (nSPS) is 12.7. The number of rotatable bonds is 2.